The monoisotopic (exact) mass is 419 g/mol. The van der Waals surface area contributed by atoms with E-state index in [0.29, 0.717) is 6.54 Å². The van der Waals surface area contributed by atoms with Crippen LogP contribution in [0.4, 0.5) is 0 Å². The maximum atomic E-state index is 12.5. The Hall–Kier alpha value is -2.92. The molecule has 1 aliphatic rings. The summed E-state index contributed by atoms with van der Waals surface area (Å²) in [4.78, 5) is 24.1. The van der Waals surface area contributed by atoms with Crippen molar-refractivity contribution in [1.29, 1.82) is 0 Å². The largest absolute Gasteiger partial charge is 0.369 e. The number of benzene rings is 2. The van der Waals surface area contributed by atoms with Gasteiger partial charge in [0.2, 0.25) is 11.8 Å². The predicted molar refractivity (Wildman–Crippen MR) is 125 cm³/mol. The number of carbonyl (C=O) groups is 2. The second-order valence-electron chi connectivity index (χ2n) is 8.27. The first-order valence-corrected chi connectivity index (χ1v) is 11.2. The molecule has 3 rings (SSSR count). The molecule has 1 aliphatic carbocycles. The fourth-order valence-corrected chi connectivity index (χ4v) is 4.18. The quantitative estimate of drug-likeness (QED) is 0.551. The Morgan fingerprint density at radius 2 is 1.61 bits per heavy atom. The zero-order valence-electron chi connectivity index (χ0n) is 18.1. The Kier molecular flexibility index (Phi) is 8.85. The van der Waals surface area contributed by atoms with Crippen LogP contribution in [0, 0.1) is 5.92 Å². The molecule has 0 spiro atoms. The van der Waals surface area contributed by atoms with Crippen molar-refractivity contribution >= 4 is 17.9 Å². The van der Waals surface area contributed by atoms with Crippen LogP contribution in [0.3, 0.4) is 0 Å². The third kappa shape index (κ3) is 7.68. The lowest BCUT2D eigenvalue weighted by Gasteiger charge is -2.30. The molecule has 2 aromatic rings. The number of rotatable bonds is 10. The molecular formula is C26H33N3O2. The van der Waals surface area contributed by atoms with Crippen molar-refractivity contribution in [1.82, 2.24) is 10.6 Å². The number of hydrogen-bond acceptors (Lipinski definition) is 3. The topological polar surface area (TPSA) is 84.2 Å². The molecule has 0 bridgehead atoms. The minimum Gasteiger partial charge on any atom is -0.369 e. The summed E-state index contributed by atoms with van der Waals surface area (Å²) in [5.74, 6) is -0.649. The van der Waals surface area contributed by atoms with Gasteiger partial charge in [0.05, 0.1) is 12.5 Å². The summed E-state index contributed by atoms with van der Waals surface area (Å²) in [6.07, 6.45) is 7.65. The fourth-order valence-electron chi connectivity index (χ4n) is 4.18. The number of hydrogen-bond donors (Lipinski definition) is 3. The van der Waals surface area contributed by atoms with E-state index in [9.17, 15) is 9.59 Å². The first-order chi connectivity index (χ1) is 15.1. The summed E-state index contributed by atoms with van der Waals surface area (Å²) in [6, 6.07) is 20.5. The van der Waals surface area contributed by atoms with Crippen molar-refractivity contribution < 1.29 is 9.59 Å². The lowest BCUT2D eigenvalue weighted by Crippen LogP contribution is -2.49. The molecule has 2 amide bonds. The Morgan fingerprint density at radius 1 is 0.935 bits per heavy atom. The zero-order valence-corrected chi connectivity index (χ0v) is 18.1. The van der Waals surface area contributed by atoms with Crippen LogP contribution >= 0.6 is 0 Å². The number of amides is 2. The molecule has 1 saturated carbocycles. The van der Waals surface area contributed by atoms with Crippen LogP contribution in [0.25, 0.3) is 6.08 Å². The van der Waals surface area contributed by atoms with E-state index in [0.717, 1.165) is 44.1 Å². The predicted octanol–water partition coefficient (Wildman–Crippen LogP) is 3.45. The Balaban J connectivity index is 1.53. The Labute approximate surface area is 185 Å². The van der Waals surface area contributed by atoms with Gasteiger partial charge in [0.1, 0.15) is 0 Å². The minimum absolute atomic E-state index is 0.0831. The van der Waals surface area contributed by atoms with Gasteiger partial charge in [-0.25, -0.2) is 0 Å². The van der Waals surface area contributed by atoms with E-state index in [-0.39, 0.29) is 30.3 Å². The smallest absolute Gasteiger partial charge is 0.234 e. The van der Waals surface area contributed by atoms with Gasteiger partial charge in [-0.15, -0.1) is 0 Å². The zero-order chi connectivity index (χ0) is 21.9. The minimum atomic E-state index is -0.313. The molecule has 164 valence electrons. The van der Waals surface area contributed by atoms with E-state index in [1.54, 1.807) is 0 Å². The highest BCUT2D eigenvalue weighted by atomic mass is 16.2. The average Bonchev–Trinajstić information content (AvgIpc) is 2.79. The molecule has 1 fully saturated rings. The highest BCUT2D eigenvalue weighted by Gasteiger charge is 2.30. The summed E-state index contributed by atoms with van der Waals surface area (Å²) >= 11 is 0. The molecule has 0 radical (unpaired) electrons. The molecule has 2 aromatic carbocycles. The standard InChI is InChI=1S/C26H33N3O2/c27-26(31)23-13-7-8-14-24(23)29-25(30)19-28-18-22(17-21-11-5-2-6-12-21)16-15-20-9-3-1-4-10-20/h1-6,9-12,17,23-24,28H,7-8,13-16,18-19H2,(H2,27,31)(H,29,30)/t23?,24-/m1/s1. The normalized spacial score (nSPS) is 19.0. The second-order valence-corrected chi connectivity index (χ2v) is 8.27. The summed E-state index contributed by atoms with van der Waals surface area (Å²) in [6.45, 7) is 0.860. The highest BCUT2D eigenvalue weighted by molar-refractivity contribution is 5.81. The van der Waals surface area contributed by atoms with Crippen LogP contribution in [0.2, 0.25) is 0 Å². The average molecular weight is 420 g/mol. The number of nitrogens with one attached hydrogen (secondary N) is 2. The van der Waals surface area contributed by atoms with Gasteiger partial charge in [-0.3, -0.25) is 9.59 Å². The Bertz CT molecular complexity index is 865. The lowest BCUT2D eigenvalue weighted by atomic mass is 9.84. The van der Waals surface area contributed by atoms with Crippen LogP contribution < -0.4 is 16.4 Å². The molecule has 0 aliphatic heterocycles. The van der Waals surface area contributed by atoms with Gasteiger partial charge in [-0.05, 0) is 36.8 Å². The van der Waals surface area contributed by atoms with Crippen molar-refractivity contribution in [2.75, 3.05) is 13.1 Å². The molecule has 5 nitrogen and oxygen atoms in total. The number of nitrogens with two attached hydrogens (primary N) is 1. The van der Waals surface area contributed by atoms with E-state index < -0.39 is 0 Å². The molecule has 0 heterocycles. The summed E-state index contributed by atoms with van der Waals surface area (Å²) in [5, 5.41) is 6.29. The number of carbonyl (C=O) groups excluding carboxylic acids is 2. The number of aryl methyl sites for hydroxylation is 1. The van der Waals surface area contributed by atoms with Crippen LogP contribution in [-0.2, 0) is 16.0 Å². The second kappa shape index (κ2) is 12.1. The molecule has 0 aromatic heterocycles. The van der Waals surface area contributed by atoms with Crippen molar-refractivity contribution in [3.05, 3.63) is 77.4 Å². The van der Waals surface area contributed by atoms with Crippen LogP contribution in [0.1, 0.15) is 43.2 Å². The van der Waals surface area contributed by atoms with Gasteiger partial charge in [-0.2, -0.15) is 0 Å². The molecule has 31 heavy (non-hydrogen) atoms. The highest BCUT2D eigenvalue weighted by Crippen LogP contribution is 2.24. The van der Waals surface area contributed by atoms with Crippen LogP contribution in [-0.4, -0.2) is 30.9 Å². The molecule has 0 saturated heterocycles. The van der Waals surface area contributed by atoms with Crippen LogP contribution in [0.5, 0.6) is 0 Å². The van der Waals surface area contributed by atoms with Gasteiger partial charge in [-0.1, -0.05) is 85.2 Å². The van der Waals surface area contributed by atoms with Gasteiger partial charge < -0.3 is 16.4 Å². The van der Waals surface area contributed by atoms with E-state index in [4.69, 9.17) is 5.73 Å². The van der Waals surface area contributed by atoms with E-state index >= 15 is 0 Å². The van der Waals surface area contributed by atoms with Crippen molar-refractivity contribution in [3.8, 4) is 0 Å². The molecule has 4 N–H and O–H groups in total. The Morgan fingerprint density at radius 3 is 2.32 bits per heavy atom. The molecule has 1 unspecified atom stereocenters. The first-order valence-electron chi connectivity index (χ1n) is 11.2. The van der Waals surface area contributed by atoms with Crippen molar-refractivity contribution in [3.63, 3.8) is 0 Å². The SMILES string of the molecule is NC(=O)C1CCCC[C@H]1NC(=O)CNCC(=Cc1ccccc1)CCc1ccccc1. The molecule has 2 atom stereocenters. The third-order valence-electron chi connectivity index (χ3n) is 5.86. The van der Waals surface area contributed by atoms with Crippen molar-refractivity contribution in [2.45, 2.75) is 44.6 Å². The van der Waals surface area contributed by atoms with Gasteiger partial charge >= 0.3 is 0 Å². The van der Waals surface area contributed by atoms with E-state index in [2.05, 4.69) is 53.1 Å². The molecular weight excluding hydrogens is 386 g/mol. The fraction of sp³-hybridized carbons (Fsp3) is 0.385. The van der Waals surface area contributed by atoms with Gasteiger partial charge in [0.15, 0.2) is 0 Å². The first kappa shape index (κ1) is 22.8. The van der Waals surface area contributed by atoms with Gasteiger partial charge in [0.25, 0.3) is 0 Å². The maximum absolute atomic E-state index is 12.5. The molecule has 5 heteroatoms. The van der Waals surface area contributed by atoms with E-state index in [1.165, 1.54) is 11.1 Å². The van der Waals surface area contributed by atoms with Crippen LogP contribution in [0.15, 0.2) is 66.2 Å². The summed E-state index contributed by atoms with van der Waals surface area (Å²) < 4.78 is 0. The maximum Gasteiger partial charge on any atom is 0.234 e. The number of primary amides is 1. The lowest BCUT2D eigenvalue weighted by molar-refractivity contribution is -0.125. The van der Waals surface area contributed by atoms with E-state index in [1.807, 2.05) is 24.3 Å². The van der Waals surface area contributed by atoms with Crippen molar-refractivity contribution in [2.24, 2.45) is 11.7 Å². The summed E-state index contributed by atoms with van der Waals surface area (Å²) in [5.41, 5.74) is 9.22. The third-order valence-corrected chi connectivity index (χ3v) is 5.86. The summed E-state index contributed by atoms with van der Waals surface area (Å²) in [7, 11) is 0. The van der Waals surface area contributed by atoms with Gasteiger partial charge in [0, 0.05) is 12.6 Å².